The standard InChI is InChI=1S/C13H10Cl2FN3O/c14-9-2-1-8(13(16)12(9)15)10-4-6-20-19(10)11-3-5-17-7-18-11/h1-3,5,7,10H,4,6H2/t10-/m1/s1. The van der Waals surface area contributed by atoms with Crippen LogP contribution in [0.3, 0.4) is 0 Å². The van der Waals surface area contributed by atoms with Gasteiger partial charge in [0.05, 0.1) is 22.7 Å². The van der Waals surface area contributed by atoms with E-state index < -0.39 is 5.82 Å². The van der Waals surface area contributed by atoms with Crippen LogP contribution < -0.4 is 5.06 Å². The maximum Gasteiger partial charge on any atom is 0.156 e. The molecule has 20 heavy (non-hydrogen) atoms. The molecule has 1 fully saturated rings. The average molecular weight is 314 g/mol. The monoisotopic (exact) mass is 313 g/mol. The van der Waals surface area contributed by atoms with Gasteiger partial charge >= 0.3 is 0 Å². The van der Waals surface area contributed by atoms with Crippen molar-refractivity contribution in [3.63, 3.8) is 0 Å². The molecule has 104 valence electrons. The van der Waals surface area contributed by atoms with Gasteiger partial charge in [-0.2, -0.15) is 0 Å². The number of hydrogen-bond donors (Lipinski definition) is 0. The Morgan fingerprint density at radius 3 is 2.90 bits per heavy atom. The summed E-state index contributed by atoms with van der Waals surface area (Å²) >= 11 is 11.7. The van der Waals surface area contributed by atoms with Gasteiger partial charge in [0, 0.05) is 24.2 Å². The molecule has 3 rings (SSSR count). The van der Waals surface area contributed by atoms with Gasteiger partial charge in [-0.05, 0) is 6.07 Å². The molecule has 0 amide bonds. The fourth-order valence-corrected chi connectivity index (χ4v) is 2.51. The summed E-state index contributed by atoms with van der Waals surface area (Å²) in [5.41, 5.74) is 0.440. The van der Waals surface area contributed by atoms with Gasteiger partial charge in [0.15, 0.2) is 5.82 Å². The summed E-state index contributed by atoms with van der Waals surface area (Å²) in [5.74, 6) is 0.0571. The lowest BCUT2D eigenvalue weighted by atomic mass is 10.0. The first-order valence-electron chi connectivity index (χ1n) is 6.00. The number of hydrogen-bond acceptors (Lipinski definition) is 4. The molecule has 1 saturated heterocycles. The zero-order valence-corrected chi connectivity index (χ0v) is 11.8. The molecule has 1 aliphatic heterocycles. The molecule has 0 saturated carbocycles. The summed E-state index contributed by atoms with van der Waals surface area (Å²) in [4.78, 5) is 13.5. The first kappa shape index (κ1) is 13.5. The third kappa shape index (κ3) is 2.32. The van der Waals surface area contributed by atoms with E-state index in [-0.39, 0.29) is 16.1 Å². The lowest BCUT2D eigenvalue weighted by Gasteiger charge is -2.24. The van der Waals surface area contributed by atoms with E-state index in [9.17, 15) is 4.39 Å². The largest absolute Gasteiger partial charge is 0.271 e. The highest BCUT2D eigenvalue weighted by Crippen LogP contribution is 2.38. The molecular weight excluding hydrogens is 304 g/mol. The Bertz CT molecular complexity index is 627. The molecule has 0 spiro atoms. The predicted octanol–water partition coefficient (Wildman–Crippen LogP) is 3.81. The first-order valence-corrected chi connectivity index (χ1v) is 6.75. The minimum absolute atomic E-state index is 0.0706. The molecule has 1 atom stereocenters. The van der Waals surface area contributed by atoms with E-state index in [2.05, 4.69) is 9.97 Å². The fraction of sp³-hybridized carbons (Fsp3) is 0.231. The second-order valence-electron chi connectivity index (χ2n) is 4.30. The second-order valence-corrected chi connectivity index (χ2v) is 5.08. The van der Waals surface area contributed by atoms with Crippen LogP contribution in [0.5, 0.6) is 0 Å². The third-order valence-electron chi connectivity index (χ3n) is 3.12. The smallest absolute Gasteiger partial charge is 0.156 e. The Hall–Kier alpha value is -1.43. The van der Waals surface area contributed by atoms with Crippen LogP contribution in [0.15, 0.2) is 30.7 Å². The van der Waals surface area contributed by atoms with Crippen molar-refractivity contribution in [3.8, 4) is 0 Å². The van der Waals surface area contributed by atoms with E-state index >= 15 is 0 Å². The van der Waals surface area contributed by atoms with Crippen molar-refractivity contribution in [2.75, 3.05) is 11.7 Å². The summed E-state index contributed by atoms with van der Waals surface area (Å²) in [6, 6.07) is 4.61. The normalized spacial score (nSPS) is 18.6. The van der Waals surface area contributed by atoms with Gasteiger partial charge in [-0.3, -0.25) is 4.84 Å². The Morgan fingerprint density at radius 2 is 2.15 bits per heavy atom. The van der Waals surface area contributed by atoms with Crippen molar-refractivity contribution >= 4 is 29.0 Å². The number of aromatic nitrogens is 2. The topological polar surface area (TPSA) is 38.2 Å². The van der Waals surface area contributed by atoms with E-state index in [1.165, 1.54) is 6.33 Å². The highest BCUT2D eigenvalue weighted by atomic mass is 35.5. The van der Waals surface area contributed by atoms with Gasteiger partial charge in [0.2, 0.25) is 0 Å². The molecule has 0 aliphatic carbocycles. The number of halogens is 3. The van der Waals surface area contributed by atoms with Gasteiger partial charge in [-0.25, -0.2) is 19.4 Å². The third-order valence-corrected chi connectivity index (χ3v) is 3.90. The van der Waals surface area contributed by atoms with E-state index in [1.807, 2.05) is 0 Å². The van der Waals surface area contributed by atoms with Crippen molar-refractivity contribution in [2.24, 2.45) is 0 Å². The molecule has 1 aromatic heterocycles. The van der Waals surface area contributed by atoms with Gasteiger partial charge in [0.25, 0.3) is 0 Å². The Morgan fingerprint density at radius 1 is 1.30 bits per heavy atom. The minimum Gasteiger partial charge on any atom is -0.271 e. The molecule has 0 bridgehead atoms. The Kier molecular flexibility index (Phi) is 3.74. The predicted molar refractivity (Wildman–Crippen MR) is 74.2 cm³/mol. The number of anilines is 1. The summed E-state index contributed by atoms with van der Waals surface area (Å²) < 4.78 is 14.3. The highest BCUT2D eigenvalue weighted by molar-refractivity contribution is 6.42. The van der Waals surface area contributed by atoms with Crippen LogP contribution >= 0.6 is 23.2 Å². The van der Waals surface area contributed by atoms with Crippen LogP contribution in [0, 0.1) is 5.82 Å². The molecule has 0 N–H and O–H groups in total. The van der Waals surface area contributed by atoms with Crippen LogP contribution in [0.25, 0.3) is 0 Å². The summed E-state index contributed by atoms with van der Waals surface area (Å²) in [5, 5.41) is 1.70. The second kappa shape index (κ2) is 5.52. The summed E-state index contributed by atoms with van der Waals surface area (Å²) in [7, 11) is 0. The molecule has 0 radical (unpaired) electrons. The lowest BCUT2D eigenvalue weighted by Crippen LogP contribution is -2.23. The molecule has 2 heterocycles. The lowest BCUT2D eigenvalue weighted by molar-refractivity contribution is 0.156. The maximum absolute atomic E-state index is 14.3. The minimum atomic E-state index is -0.520. The van der Waals surface area contributed by atoms with Crippen molar-refractivity contribution in [1.29, 1.82) is 0 Å². The molecule has 4 nitrogen and oxygen atoms in total. The SMILES string of the molecule is Fc1c([C@H]2CCON2c2ccncn2)ccc(Cl)c1Cl. The Labute approximate surface area is 125 Å². The number of nitrogens with zero attached hydrogens (tertiary/aromatic N) is 3. The van der Waals surface area contributed by atoms with Crippen molar-refractivity contribution in [3.05, 3.63) is 52.1 Å². The molecule has 1 aliphatic rings. The average Bonchev–Trinajstić information content (AvgIpc) is 2.95. The van der Waals surface area contributed by atoms with E-state index in [0.717, 1.165) is 0 Å². The van der Waals surface area contributed by atoms with E-state index in [0.29, 0.717) is 24.4 Å². The number of hydroxylamine groups is 1. The van der Waals surface area contributed by atoms with E-state index in [1.54, 1.807) is 29.5 Å². The van der Waals surface area contributed by atoms with E-state index in [4.69, 9.17) is 28.0 Å². The zero-order chi connectivity index (χ0) is 14.1. The van der Waals surface area contributed by atoms with Crippen LogP contribution in [0.2, 0.25) is 10.0 Å². The van der Waals surface area contributed by atoms with Crippen molar-refractivity contribution in [1.82, 2.24) is 9.97 Å². The Balaban J connectivity index is 1.99. The van der Waals surface area contributed by atoms with Gasteiger partial charge in [-0.1, -0.05) is 29.3 Å². The van der Waals surface area contributed by atoms with Crippen LogP contribution in [0.1, 0.15) is 18.0 Å². The van der Waals surface area contributed by atoms with Crippen molar-refractivity contribution in [2.45, 2.75) is 12.5 Å². The molecular formula is C13H10Cl2FN3O. The highest BCUT2D eigenvalue weighted by Gasteiger charge is 2.31. The molecule has 1 aromatic carbocycles. The van der Waals surface area contributed by atoms with Gasteiger partial charge in [0.1, 0.15) is 12.1 Å². The summed E-state index contributed by atoms with van der Waals surface area (Å²) in [6.07, 6.45) is 3.66. The molecule has 0 unspecified atom stereocenters. The van der Waals surface area contributed by atoms with Gasteiger partial charge < -0.3 is 0 Å². The quantitative estimate of drug-likeness (QED) is 0.790. The number of benzene rings is 1. The first-order chi connectivity index (χ1) is 9.68. The fourth-order valence-electron chi connectivity index (χ4n) is 2.19. The number of rotatable bonds is 2. The zero-order valence-electron chi connectivity index (χ0n) is 10.3. The molecule has 7 heteroatoms. The van der Waals surface area contributed by atoms with Gasteiger partial charge in [-0.15, -0.1) is 0 Å². The van der Waals surface area contributed by atoms with Crippen LogP contribution in [-0.2, 0) is 4.84 Å². The molecule has 2 aromatic rings. The van der Waals surface area contributed by atoms with Crippen LogP contribution in [-0.4, -0.2) is 16.6 Å². The maximum atomic E-state index is 14.3. The van der Waals surface area contributed by atoms with Crippen LogP contribution in [0.4, 0.5) is 10.2 Å². The summed E-state index contributed by atoms with van der Waals surface area (Å²) in [6.45, 7) is 0.481. The van der Waals surface area contributed by atoms with Crippen molar-refractivity contribution < 1.29 is 9.23 Å².